The van der Waals surface area contributed by atoms with Crippen LogP contribution >= 0.6 is 15.9 Å². The van der Waals surface area contributed by atoms with Crippen molar-refractivity contribution in [3.05, 3.63) is 22.7 Å². The van der Waals surface area contributed by atoms with Gasteiger partial charge < -0.3 is 9.84 Å². The predicted octanol–water partition coefficient (Wildman–Crippen LogP) is 2.16. The summed E-state index contributed by atoms with van der Waals surface area (Å²) >= 11 is 3.13. The summed E-state index contributed by atoms with van der Waals surface area (Å²) in [5.41, 5.74) is 0. The van der Waals surface area contributed by atoms with E-state index in [-0.39, 0.29) is 11.5 Å². The van der Waals surface area contributed by atoms with Crippen molar-refractivity contribution in [3.63, 3.8) is 0 Å². The summed E-state index contributed by atoms with van der Waals surface area (Å²) in [5.74, 6) is -0.256. The van der Waals surface area contributed by atoms with Crippen LogP contribution in [0.25, 0.3) is 0 Å². The van der Waals surface area contributed by atoms with Gasteiger partial charge in [-0.1, -0.05) is 15.9 Å². The van der Waals surface area contributed by atoms with E-state index >= 15 is 0 Å². The first-order chi connectivity index (χ1) is 5.88. The number of hydrogen-bond acceptors (Lipinski definition) is 2. The molecule has 0 aromatic heterocycles. The second-order valence-corrected chi connectivity index (χ2v) is 2.63. The molecule has 0 radical (unpaired) electrons. The number of aromatic hydroxyl groups is 1. The lowest BCUT2D eigenvalue weighted by molar-refractivity contribution is 0.373. The maximum Gasteiger partial charge on any atom is 0.161 e. The quantitative estimate of drug-likeness (QED) is 0.715. The number of phenols is 1. The summed E-state index contributed by atoms with van der Waals surface area (Å²) in [6.07, 6.45) is 0. The van der Waals surface area contributed by atoms with Crippen LogP contribution in [0.15, 0.2) is 22.7 Å². The minimum atomic E-state index is -2.54. The summed E-state index contributed by atoms with van der Waals surface area (Å²) in [4.78, 5) is 0. The van der Waals surface area contributed by atoms with Gasteiger partial charge in [0.25, 0.3) is 0 Å². The third-order valence-corrected chi connectivity index (χ3v) is 1.53. The van der Waals surface area contributed by atoms with Gasteiger partial charge in [-0.25, -0.2) is 0 Å². The SMILES string of the molecule is [2H][13C]([2H])([2H])Oc1cc(Br)ccc1O. The molecule has 0 saturated heterocycles. The number of rotatable bonds is 1. The third kappa shape index (κ3) is 1.42. The zero-order valence-electron chi connectivity index (χ0n) is 7.97. The lowest BCUT2D eigenvalue weighted by Crippen LogP contribution is -1.82. The summed E-state index contributed by atoms with van der Waals surface area (Å²) in [7, 11) is -2.54. The largest absolute Gasteiger partial charge is 0.504 e. The van der Waals surface area contributed by atoms with Gasteiger partial charge in [-0.05, 0) is 18.2 Å². The zero-order valence-corrected chi connectivity index (χ0v) is 6.55. The van der Waals surface area contributed by atoms with Crippen LogP contribution in [-0.2, 0) is 0 Å². The molecule has 1 aromatic rings. The van der Waals surface area contributed by atoms with Crippen molar-refractivity contribution in [2.24, 2.45) is 0 Å². The molecule has 0 fully saturated rings. The number of methoxy groups -OCH3 is 1. The number of phenolic OH excluding ortho intramolecular Hbond substituents is 1. The van der Waals surface area contributed by atoms with Crippen molar-refractivity contribution in [2.75, 3.05) is 7.04 Å². The van der Waals surface area contributed by atoms with Gasteiger partial charge >= 0.3 is 0 Å². The van der Waals surface area contributed by atoms with Crippen molar-refractivity contribution in [1.29, 1.82) is 0 Å². The highest BCUT2D eigenvalue weighted by Gasteiger charge is 1.98. The molecule has 0 aliphatic carbocycles. The van der Waals surface area contributed by atoms with Gasteiger partial charge in [0.15, 0.2) is 11.5 Å². The zero-order chi connectivity index (χ0) is 10.1. The average Bonchev–Trinajstić information content (AvgIpc) is 1.94. The van der Waals surface area contributed by atoms with Crippen LogP contribution < -0.4 is 4.74 Å². The fourth-order valence-corrected chi connectivity index (χ4v) is 0.910. The molecule has 3 heteroatoms. The van der Waals surface area contributed by atoms with Crippen molar-refractivity contribution < 1.29 is 14.0 Å². The molecular weight excluding hydrogens is 197 g/mol. The number of benzene rings is 1. The first-order valence-electron chi connectivity index (χ1n) is 4.06. The fourth-order valence-electron chi connectivity index (χ4n) is 0.570. The minimum absolute atomic E-state index is 0.0608. The normalized spacial score (nSPS) is 15.1. The molecule has 0 heterocycles. The number of halogens is 1. The van der Waals surface area contributed by atoms with E-state index in [4.69, 9.17) is 4.11 Å². The van der Waals surface area contributed by atoms with E-state index in [2.05, 4.69) is 20.7 Å². The third-order valence-electron chi connectivity index (χ3n) is 1.03. The Labute approximate surface area is 71.8 Å². The second-order valence-electron chi connectivity index (χ2n) is 1.71. The molecular formula is C7H7BrO2. The van der Waals surface area contributed by atoms with Crippen LogP contribution in [0.2, 0.25) is 0 Å². The van der Waals surface area contributed by atoms with Gasteiger partial charge in [-0.2, -0.15) is 0 Å². The fraction of sp³-hybridized carbons (Fsp3) is 0.143. The van der Waals surface area contributed by atoms with Crippen LogP contribution in [-0.4, -0.2) is 12.1 Å². The molecule has 0 aliphatic rings. The molecule has 1 aromatic carbocycles. The Kier molecular flexibility index (Phi) is 1.24. The van der Waals surface area contributed by atoms with Crippen LogP contribution in [0.5, 0.6) is 11.5 Å². The lowest BCUT2D eigenvalue weighted by atomic mass is 10.3. The van der Waals surface area contributed by atoms with Gasteiger partial charge in [-0.15, -0.1) is 0 Å². The first-order valence-corrected chi connectivity index (χ1v) is 3.35. The topological polar surface area (TPSA) is 29.5 Å². The van der Waals surface area contributed by atoms with Crippen molar-refractivity contribution >= 4 is 15.9 Å². The average molecular weight is 207 g/mol. The molecule has 0 bridgehead atoms. The molecule has 54 valence electrons. The van der Waals surface area contributed by atoms with E-state index in [1.165, 1.54) is 12.1 Å². The van der Waals surface area contributed by atoms with E-state index in [0.717, 1.165) is 0 Å². The number of hydrogen-bond donors (Lipinski definition) is 1. The highest BCUT2D eigenvalue weighted by atomic mass is 79.9. The van der Waals surface area contributed by atoms with Crippen LogP contribution in [0.1, 0.15) is 4.11 Å². The molecule has 0 saturated carbocycles. The molecule has 0 atom stereocenters. The molecule has 0 unspecified atom stereocenters. The monoisotopic (exact) mass is 206 g/mol. The summed E-state index contributed by atoms with van der Waals surface area (Å²) in [5, 5.41) is 9.20. The molecule has 1 rings (SSSR count). The first kappa shape index (κ1) is 4.23. The molecule has 0 aliphatic heterocycles. The summed E-state index contributed by atoms with van der Waals surface area (Å²) < 4.78 is 25.6. The Morgan fingerprint density at radius 1 is 1.70 bits per heavy atom. The lowest BCUT2D eigenvalue weighted by Gasteiger charge is -2.01. The van der Waals surface area contributed by atoms with Crippen LogP contribution in [0, 0.1) is 0 Å². The summed E-state index contributed by atoms with van der Waals surface area (Å²) in [6, 6.07) is 4.33. The Balaban J connectivity index is 2.94. The molecule has 2 nitrogen and oxygen atoms in total. The van der Waals surface area contributed by atoms with Crippen molar-refractivity contribution in [1.82, 2.24) is 0 Å². The smallest absolute Gasteiger partial charge is 0.161 e. The van der Waals surface area contributed by atoms with E-state index in [1.807, 2.05) is 0 Å². The Hall–Kier alpha value is -0.700. The Bertz CT molecular complexity index is 311. The molecule has 0 amide bonds. The number of ether oxygens (including phenoxy) is 1. The molecule has 1 N–H and O–H groups in total. The molecule has 0 spiro atoms. The van der Waals surface area contributed by atoms with E-state index in [9.17, 15) is 5.11 Å². The maximum absolute atomic E-state index is 9.20. The highest BCUT2D eigenvalue weighted by Crippen LogP contribution is 2.28. The van der Waals surface area contributed by atoms with Gasteiger partial charge in [0.05, 0.1) is 11.2 Å². The van der Waals surface area contributed by atoms with E-state index in [0.29, 0.717) is 4.47 Å². The second kappa shape index (κ2) is 2.92. The molecule has 10 heavy (non-hydrogen) atoms. The van der Waals surface area contributed by atoms with Gasteiger partial charge in [0.2, 0.25) is 0 Å². The van der Waals surface area contributed by atoms with Crippen molar-refractivity contribution in [2.45, 2.75) is 0 Å². The predicted molar refractivity (Wildman–Crippen MR) is 42.4 cm³/mol. The van der Waals surface area contributed by atoms with Crippen LogP contribution in [0.3, 0.4) is 0 Å². The summed E-state index contributed by atoms with van der Waals surface area (Å²) in [6.45, 7) is 0. The van der Waals surface area contributed by atoms with Crippen molar-refractivity contribution in [3.8, 4) is 11.5 Å². The highest BCUT2D eigenvalue weighted by molar-refractivity contribution is 9.10. The van der Waals surface area contributed by atoms with E-state index < -0.39 is 7.04 Å². The van der Waals surface area contributed by atoms with Gasteiger partial charge in [0, 0.05) is 4.47 Å². The van der Waals surface area contributed by atoms with E-state index in [1.54, 1.807) is 6.07 Å². The van der Waals surface area contributed by atoms with Crippen LogP contribution in [0.4, 0.5) is 0 Å². The Morgan fingerprint density at radius 3 is 3.20 bits per heavy atom. The van der Waals surface area contributed by atoms with Gasteiger partial charge in [-0.3, -0.25) is 0 Å². The van der Waals surface area contributed by atoms with Gasteiger partial charge in [0.1, 0.15) is 0 Å². The minimum Gasteiger partial charge on any atom is -0.504 e. The maximum atomic E-state index is 9.20. The Morgan fingerprint density at radius 2 is 2.50 bits per heavy atom. The standard InChI is InChI=1S/C7H7BrO2/c1-10-7-4-5(8)2-3-6(7)9/h2-4,9H,1H3/i1+1D3.